The summed E-state index contributed by atoms with van der Waals surface area (Å²) in [6.45, 7) is 3.54. The molecule has 0 atom stereocenters. The lowest BCUT2D eigenvalue weighted by Crippen LogP contribution is -2.49. The molecule has 3 N–H and O–H groups in total. The van der Waals surface area contributed by atoms with E-state index in [1.807, 2.05) is 30.3 Å². The van der Waals surface area contributed by atoms with Crippen molar-refractivity contribution in [3.63, 3.8) is 0 Å². The lowest BCUT2D eigenvalue weighted by Gasteiger charge is -2.33. The average Bonchev–Trinajstić information content (AvgIpc) is 3.28. The summed E-state index contributed by atoms with van der Waals surface area (Å²) < 4.78 is 0. The molecule has 1 fully saturated rings. The Kier molecular flexibility index (Phi) is 7.72. The van der Waals surface area contributed by atoms with E-state index < -0.39 is 0 Å². The van der Waals surface area contributed by atoms with Crippen molar-refractivity contribution in [3.05, 3.63) is 53.4 Å². The van der Waals surface area contributed by atoms with E-state index in [9.17, 15) is 4.79 Å². The highest BCUT2D eigenvalue weighted by Gasteiger charge is 2.20. The topological polar surface area (TPSA) is 68.8 Å². The Bertz CT molecular complexity index is 739. The van der Waals surface area contributed by atoms with Crippen molar-refractivity contribution in [3.8, 4) is 0 Å². The minimum absolute atomic E-state index is 0.0272. The van der Waals surface area contributed by atoms with Crippen LogP contribution >= 0.6 is 11.3 Å². The zero-order chi connectivity index (χ0) is 19.6. The highest BCUT2D eigenvalue weighted by molar-refractivity contribution is 7.14. The maximum absolute atomic E-state index is 12.0. The molecule has 0 bridgehead atoms. The molecule has 150 valence electrons. The van der Waals surface area contributed by atoms with Crippen molar-refractivity contribution < 1.29 is 4.79 Å². The maximum atomic E-state index is 12.0. The molecule has 6 nitrogen and oxygen atoms in total. The number of carbonyl (C=O) groups excluding carboxylic acids is 1. The van der Waals surface area contributed by atoms with Gasteiger partial charge in [0.15, 0.2) is 5.96 Å². The van der Waals surface area contributed by atoms with Crippen LogP contribution in [0.25, 0.3) is 0 Å². The van der Waals surface area contributed by atoms with E-state index in [1.54, 1.807) is 18.4 Å². The molecule has 1 saturated heterocycles. The van der Waals surface area contributed by atoms with Crippen molar-refractivity contribution >= 4 is 28.2 Å². The number of thiophene rings is 1. The number of amides is 1. The number of piperidine rings is 1. The van der Waals surface area contributed by atoms with Crippen LogP contribution in [0, 0.1) is 0 Å². The monoisotopic (exact) mass is 399 g/mol. The zero-order valence-corrected chi connectivity index (χ0v) is 17.2. The minimum atomic E-state index is -0.0272. The molecule has 1 aromatic carbocycles. The van der Waals surface area contributed by atoms with Gasteiger partial charge in [0.05, 0.1) is 5.00 Å². The fraction of sp³-hybridized carbons (Fsp3) is 0.429. The van der Waals surface area contributed by atoms with Gasteiger partial charge in [-0.2, -0.15) is 0 Å². The first-order valence-corrected chi connectivity index (χ1v) is 10.7. The second-order valence-corrected chi connectivity index (χ2v) is 7.76. The average molecular weight is 400 g/mol. The molecule has 1 amide bonds. The predicted octanol–water partition coefficient (Wildman–Crippen LogP) is 2.70. The van der Waals surface area contributed by atoms with Crippen molar-refractivity contribution in [2.75, 3.05) is 38.1 Å². The van der Waals surface area contributed by atoms with Crippen LogP contribution in [0.5, 0.6) is 0 Å². The fourth-order valence-electron chi connectivity index (χ4n) is 3.27. The molecule has 0 unspecified atom stereocenters. The first-order chi connectivity index (χ1) is 13.8. The van der Waals surface area contributed by atoms with Gasteiger partial charge in [0, 0.05) is 44.8 Å². The summed E-state index contributed by atoms with van der Waals surface area (Å²) in [5.74, 6) is 0.810. The lowest BCUT2D eigenvalue weighted by atomic mass is 10.1. The second-order valence-electron chi connectivity index (χ2n) is 6.83. The van der Waals surface area contributed by atoms with E-state index in [0.29, 0.717) is 18.2 Å². The molecule has 0 spiro atoms. The van der Waals surface area contributed by atoms with Gasteiger partial charge in [-0.15, -0.1) is 11.3 Å². The number of nitrogens with one attached hydrogen (secondary N) is 3. The van der Waals surface area contributed by atoms with Gasteiger partial charge in [-0.3, -0.25) is 9.79 Å². The number of hydrogen-bond acceptors (Lipinski definition) is 4. The SMILES string of the molecule is CN=C(NCCCNC(=O)c1ccccc1)NC1CCN(c2cccs2)CC1. The maximum Gasteiger partial charge on any atom is 0.251 e. The van der Waals surface area contributed by atoms with Crippen LogP contribution in [-0.2, 0) is 0 Å². The Morgan fingerprint density at radius 3 is 2.54 bits per heavy atom. The third kappa shape index (κ3) is 5.99. The fourth-order valence-corrected chi connectivity index (χ4v) is 4.06. The van der Waals surface area contributed by atoms with Gasteiger partial charge in [-0.05, 0) is 48.9 Å². The van der Waals surface area contributed by atoms with Crippen molar-refractivity contribution in [1.82, 2.24) is 16.0 Å². The summed E-state index contributed by atoms with van der Waals surface area (Å²) in [7, 11) is 1.80. The van der Waals surface area contributed by atoms with Crippen LogP contribution in [-0.4, -0.2) is 51.1 Å². The quantitative estimate of drug-likeness (QED) is 0.380. The lowest BCUT2D eigenvalue weighted by molar-refractivity contribution is 0.0953. The number of aliphatic imine (C=N–C) groups is 1. The molecular weight excluding hydrogens is 370 g/mol. The smallest absolute Gasteiger partial charge is 0.251 e. The molecule has 1 aliphatic rings. The van der Waals surface area contributed by atoms with Crippen LogP contribution in [0.2, 0.25) is 0 Å². The van der Waals surface area contributed by atoms with E-state index in [4.69, 9.17) is 0 Å². The standard InChI is InChI=1S/C21H29N5OS/c1-22-21(24-13-6-12-23-20(27)17-7-3-2-4-8-17)25-18-10-14-26(15-11-18)19-9-5-16-28-19/h2-5,7-9,16,18H,6,10-15H2,1H3,(H,23,27)(H2,22,24,25). The van der Waals surface area contributed by atoms with Gasteiger partial charge in [0.2, 0.25) is 0 Å². The molecule has 2 aromatic rings. The molecule has 7 heteroatoms. The van der Waals surface area contributed by atoms with Crippen LogP contribution in [0.15, 0.2) is 52.8 Å². The number of rotatable bonds is 7. The Morgan fingerprint density at radius 2 is 1.86 bits per heavy atom. The first-order valence-electron chi connectivity index (χ1n) is 9.85. The number of guanidine groups is 1. The number of hydrogen-bond donors (Lipinski definition) is 3. The summed E-state index contributed by atoms with van der Waals surface area (Å²) in [5.41, 5.74) is 0.696. The Balaban J connectivity index is 1.30. The van der Waals surface area contributed by atoms with E-state index in [0.717, 1.165) is 44.9 Å². The number of nitrogens with zero attached hydrogens (tertiary/aromatic N) is 2. The zero-order valence-electron chi connectivity index (χ0n) is 16.4. The Morgan fingerprint density at radius 1 is 1.11 bits per heavy atom. The highest BCUT2D eigenvalue weighted by Crippen LogP contribution is 2.24. The molecule has 0 saturated carbocycles. The van der Waals surface area contributed by atoms with E-state index in [-0.39, 0.29) is 5.91 Å². The molecule has 1 aliphatic heterocycles. The van der Waals surface area contributed by atoms with Crippen LogP contribution < -0.4 is 20.9 Å². The van der Waals surface area contributed by atoms with E-state index >= 15 is 0 Å². The highest BCUT2D eigenvalue weighted by atomic mass is 32.1. The number of anilines is 1. The molecule has 28 heavy (non-hydrogen) atoms. The van der Waals surface area contributed by atoms with Crippen molar-refractivity contribution in [2.45, 2.75) is 25.3 Å². The van der Waals surface area contributed by atoms with Gasteiger partial charge in [-0.25, -0.2) is 0 Å². The summed E-state index contributed by atoms with van der Waals surface area (Å²) >= 11 is 1.80. The van der Waals surface area contributed by atoms with Gasteiger partial charge in [0.1, 0.15) is 0 Å². The Labute approximate surface area is 171 Å². The van der Waals surface area contributed by atoms with Crippen molar-refractivity contribution in [1.29, 1.82) is 0 Å². The van der Waals surface area contributed by atoms with Gasteiger partial charge < -0.3 is 20.9 Å². The normalized spacial score (nSPS) is 15.3. The van der Waals surface area contributed by atoms with Gasteiger partial charge in [-0.1, -0.05) is 18.2 Å². The molecule has 0 radical (unpaired) electrons. The minimum Gasteiger partial charge on any atom is -0.363 e. The summed E-state index contributed by atoms with van der Waals surface area (Å²) in [6.07, 6.45) is 3.05. The Hall–Kier alpha value is -2.54. The molecule has 3 rings (SSSR count). The van der Waals surface area contributed by atoms with Crippen LogP contribution in [0.3, 0.4) is 0 Å². The van der Waals surface area contributed by atoms with Gasteiger partial charge in [0.25, 0.3) is 5.91 Å². The largest absolute Gasteiger partial charge is 0.363 e. The van der Waals surface area contributed by atoms with Crippen LogP contribution in [0.4, 0.5) is 5.00 Å². The third-order valence-electron chi connectivity index (χ3n) is 4.84. The molecule has 1 aromatic heterocycles. The molecule has 0 aliphatic carbocycles. The summed E-state index contributed by atoms with van der Waals surface area (Å²) in [4.78, 5) is 18.8. The third-order valence-corrected chi connectivity index (χ3v) is 5.77. The molecular formula is C21H29N5OS. The van der Waals surface area contributed by atoms with Crippen molar-refractivity contribution in [2.24, 2.45) is 4.99 Å². The first kappa shape index (κ1) is 20.2. The van der Waals surface area contributed by atoms with E-state index in [2.05, 4.69) is 43.4 Å². The summed E-state index contributed by atoms with van der Waals surface area (Å²) in [6, 6.07) is 14.0. The van der Waals surface area contributed by atoms with Crippen LogP contribution in [0.1, 0.15) is 29.6 Å². The predicted molar refractivity (Wildman–Crippen MR) is 117 cm³/mol. The number of benzene rings is 1. The molecule has 2 heterocycles. The second kappa shape index (κ2) is 10.7. The number of carbonyl (C=O) groups is 1. The van der Waals surface area contributed by atoms with E-state index in [1.165, 1.54) is 5.00 Å². The van der Waals surface area contributed by atoms with Gasteiger partial charge >= 0.3 is 0 Å². The summed E-state index contributed by atoms with van der Waals surface area (Å²) in [5, 5.41) is 13.3.